The van der Waals surface area contributed by atoms with E-state index in [-0.39, 0.29) is 12.6 Å². The van der Waals surface area contributed by atoms with Gasteiger partial charge in [0.2, 0.25) is 0 Å². The Kier molecular flexibility index (Phi) is 6.02. The number of nitrogens with one attached hydrogen (secondary N) is 1. The van der Waals surface area contributed by atoms with Crippen molar-refractivity contribution < 1.29 is 14.3 Å². The summed E-state index contributed by atoms with van der Waals surface area (Å²) in [7, 11) is 0. The fraction of sp³-hybridized carbons (Fsp3) is 0.176. The van der Waals surface area contributed by atoms with Crippen LogP contribution < -0.4 is 5.32 Å². The molecule has 0 radical (unpaired) electrons. The Morgan fingerprint density at radius 2 is 1.83 bits per heavy atom. The van der Waals surface area contributed by atoms with Gasteiger partial charge in [0.05, 0.1) is 11.6 Å². The van der Waals surface area contributed by atoms with Gasteiger partial charge in [0, 0.05) is 10.0 Å². The molecule has 0 aromatic heterocycles. The number of esters is 1. The lowest BCUT2D eigenvalue weighted by Gasteiger charge is -2.16. The van der Waals surface area contributed by atoms with Gasteiger partial charge in [-0.3, -0.25) is 4.79 Å². The fourth-order valence-electron chi connectivity index (χ4n) is 2.00. The van der Waals surface area contributed by atoms with Crippen molar-refractivity contribution >= 4 is 35.1 Å². The van der Waals surface area contributed by atoms with Gasteiger partial charge in [-0.1, -0.05) is 47.5 Å². The van der Waals surface area contributed by atoms with Crippen LogP contribution >= 0.6 is 23.2 Å². The number of halogens is 2. The topological polar surface area (TPSA) is 55.4 Å². The van der Waals surface area contributed by atoms with Crippen molar-refractivity contribution in [3.8, 4) is 0 Å². The van der Waals surface area contributed by atoms with Gasteiger partial charge in [-0.25, -0.2) is 4.79 Å². The highest BCUT2D eigenvalue weighted by Crippen LogP contribution is 2.25. The molecule has 0 spiro atoms. The molecule has 2 aromatic rings. The summed E-state index contributed by atoms with van der Waals surface area (Å²) < 4.78 is 4.97. The lowest BCUT2D eigenvalue weighted by atomic mass is 10.1. The molecule has 1 N–H and O–H groups in total. The van der Waals surface area contributed by atoms with E-state index in [0.29, 0.717) is 15.6 Å². The number of hydrogen-bond acceptors (Lipinski definition) is 3. The van der Waals surface area contributed by atoms with Gasteiger partial charge in [0.1, 0.15) is 0 Å². The summed E-state index contributed by atoms with van der Waals surface area (Å²) in [6.07, 6.45) is 0. The number of carbonyl (C=O) groups excluding carboxylic acids is 2. The molecule has 0 saturated heterocycles. The molecule has 2 aromatic carbocycles. The maximum Gasteiger partial charge on any atom is 0.338 e. The van der Waals surface area contributed by atoms with Crippen molar-refractivity contribution in [3.05, 3.63) is 69.7 Å². The zero-order chi connectivity index (χ0) is 16.8. The molecule has 0 aliphatic rings. The van der Waals surface area contributed by atoms with Gasteiger partial charge < -0.3 is 10.1 Å². The van der Waals surface area contributed by atoms with Crippen molar-refractivity contribution in [2.24, 2.45) is 0 Å². The first kappa shape index (κ1) is 17.3. The van der Waals surface area contributed by atoms with Crippen LogP contribution in [0.4, 0.5) is 0 Å². The Bertz CT molecular complexity index is 704. The van der Waals surface area contributed by atoms with E-state index in [2.05, 4.69) is 5.32 Å². The Morgan fingerprint density at radius 1 is 1.13 bits per heavy atom. The molecule has 0 saturated carbocycles. The van der Waals surface area contributed by atoms with Gasteiger partial charge >= 0.3 is 5.97 Å². The van der Waals surface area contributed by atoms with Crippen LogP contribution in [0.3, 0.4) is 0 Å². The van der Waals surface area contributed by atoms with E-state index in [1.165, 1.54) is 0 Å². The largest absolute Gasteiger partial charge is 0.452 e. The second-order valence-corrected chi connectivity index (χ2v) is 5.74. The highest BCUT2D eigenvalue weighted by Gasteiger charge is 2.15. The van der Waals surface area contributed by atoms with Gasteiger partial charge in [0.25, 0.3) is 5.91 Å². The summed E-state index contributed by atoms with van der Waals surface area (Å²) in [4.78, 5) is 23.6. The van der Waals surface area contributed by atoms with E-state index in [1.807, 2.05) is 0 Å². The minimum atomic E-state index is -0.544. The van der Waals surface area contributed by atoms with Crippen molar-refractivity contribution in [2.45, 2.75) is 13.0 Å². The molecule has 0 heterocycles. The van der Waals surface area contributed by atoms with E-state index in [9.17, 15) is 9.59 Å². The summed E-state index contributed by atoms with van der Waals surface area (Å²) in [5.41, 5.74) is 1.13. The molecule has 1 atom stereocenters. The molecule has 0 bridgehead atoms. The van der Waals surface area contributed by atoms with Crippen LogP contribution in [0.2, 0.25) is 10.0 Å². The first-order valence-electron chi connectivity index (χ1n) is 6.94. The maximum atomic E-state index is 11.9. The molecular weight excluding hydrogens is 337 g/mol. The molecule has 4 nitrogen and oxygen atoms in total. The third-order valence-electron chi connectivity index (χ3n) is 3.15. The highest BCUT2D eigenvalue weighted by molar-refractivity contribution is 6.35. The van der Waals surface area contributed by atoms with Crippen LogP contribution in [0.5, 0.6) is 0 Å². The third-order valence-corrected chi connectivity index (χ3v) is 3.71. The Balaban J connectivity index is 1.88. The predicted molar refractivity (Wildman–Crippen MR) is 89.7 cm³/mol. The molecule has 0 aliphatic heterocycles. The smallest absolute Gasteiger partial charge is 0.338 e. The predicted octanol–water partition coefficient (Wildman–Crippen LogP) is 4.03. The molecule has 23 heavy (non-hydrogen) atoms. The number of benzene rings is 2. The molecule has 0 fully saturated rings. The standard InChI is InChI=1S/C17H15Cl2NO3/c1-11(14-8-7-13(18)9-15(14)19)20-16(21)10-23-17(22)12-5-3-2-4-6-12/h2-9,11H,10H2,1H3,(H,20,21)/t11-/m0/s1. The van der Waals surface area contributed by atoms with Crippen LogP contribution in [0.25, 0.3) is 0 Å². The van der Waals surface area contributed by atoms with E-state index in [0.717, 1.165) is 5.56 Å². The quantitative estimate of drug-likeness (QED) is 0.827. The monoisotopic (exact) mass is 351 g/mol. The highest BCUT2D eigenvalue weighted by atomic mass is 35.5. The summed E-state index contributed by atoms with van der Waals surface area (Å²) in [5.74, 6) is -0.953. The van der Waals surface area contributed by atoms with Crippen LogP contribution in [-0.2, 0) is 9.53 Å². The number of ether oxygens (including phenoxy) is 1. The molecule has 1 amide bonds. The number of amides is 1. The SMILES string of the molecule is C[C@H](NC(=O)COC(=O)c1ccccc1)c1ccc(Cl)cc1Cl. The van der Waals surface area contributed by atoms with Gasteiger partial charge in [-0.05, 0) is 36.8 Å². The van der Waals surface area contributed by atoms with Crippen molar-refractivity contribution in [1.82, 2.24) is 5.32 Å². The normalized spacial score (nSPS) is 11.6. The van der Waals surface area contributed by atoms with Crippen molar-refractivity contribution in [3.63, 3.8) is 0 Å². The molecule has 120 valence electrons. The minimum absolute atomic E-state index is 0.331. The number of rotatable bonds is 5. The van der Waals surface area contributed by atoms with E-state index >= 15 is 0 Å². The van der Waals surface area contributed by atoms with Gasteiger partial charge in [-0.15, -0.1) is 0 Å². The van der Waals surface area contributed by atoms with Crippen molar-refractivity contribution in [1.29, 1.82) is 0 Å². The van der Waals surface area contributed by atoms with Crippen LogP contribution in [-0.4, -0.2) is 18.5 Å². The van der Waals surface area contributed by atoms with E-state index in [4.69, 9.17) is 27.9 Å². The van der Waals surface area contributed by atoms with Crippen LogP contribution in [0, 0.1) is 0 Å². The number of hydrogen-bond donors (Lipinski definition) is 1. The first-order chi connectivity index (χ1) is 11.0. The van der Waals surface area contributed by atoms with Gasteiger partial charge in [0.15, 0.2) is 6.61 Å². The summed E-state index contributed by atoms with van der Waals surface area (Å²) in [6, 6.07) is 13.2. The zero-order valence-corrected chi connectivity index (χ0v) is 13.9. The van der Waals surface area contributed by atoms with Gasteiger partial charge in [-0.2, -0.15) is 0 Å². The molecule has 0 unspecified atom stereocenters. The number of carbonyl (C=O) groups is 2. The Hall–Kier alpha value is -2.04. The lowest BCUT2D eigenvalue weighted by Crippen LogP contribution is -2.31. The summed E-state index contributed by atoms with van der Waals surface area (Å²) >= 11 is 11.9. The maximum absolute atomic E-state index is 11.9. The molecule has 2 rings (SSSR count). The van der Waals surface area contributed by atoms with E-state index < -0.39 is 11.9 Å². The molecular formula is C17H15Cl2NO3. The second-order valence-electron chi connectivity index (χ2n) is 4.90. The van der Waals surface area contributed by atoms with Crippen LogP contribution in [0.15, 0.2) is 48.5 Å². The fourth-order valence-corrected chi connectivity index (χ4v) is 2.57. The molecule has 6 heteroatoms. The minimum Gasteiger partial charge on any atom is -0.452 e. The first-order valence-corrected chi connectivity index (χ1v) is 7.69. The summed E-state index contributed by atoms with van der Waals surface area (Å²) in [5, 5.41) is 3.71. The Labute approximate surface area is 144 Å². The molecule has 0 aliphatic carbocycles. The zero-order valence-electron chi connectivity index (χ0n) is 12.4. The van der Waals surface area contributed by atoms with Crippen LogP contribution in [0.1, 0.15) is 28.9 Å². The van der Waals surface area contributed by atoms with E-state index in [1.54, 1.807) is 55.5 Å². The average molecular weight is 352 g/mol. The third kappa shape index (κ3) is 4.98. The Morgan fingerprint density at radius 3 is 2.48 bits per heavy atom. The second kappa shape index (κ2) is 7.99. The van der Waals surface area contributed by atoms with Crippen molar-refractivity contribution in [2.75, 3.05) is 6.61 Å². The lowest BCUT2D eigenvalue weighted by molar-refractivity contribution is -0.124. The average Bonchev–Trinajstić information content (AvgIpc) is 2.53. The summed E-state index contributed by atoms with van der Waals surface area (Å²) in [6.45, 7) is 1.43.